The summed E-state index contributed by atoms with van der Waals surface area (Å²) in [6.45, 7) is 3.11. The number of aliphatic hydroxyl groups excluding tert-OH is 1. The molecule has 4 heteroatoms. The van der Waals surface area contributed by atoms with Gasteiger partial charge in [0.15, 0.2) is 0 Å². The van der Waals surface area contributed by atoms with Gasteiger partial charge in [0.25, 0.3) is 0 Å². The normalized spacial score (nSPS) is 15.6. The zero-order valence-corrected chi connectivity index (χ0v) is 10.4. The lowest BCUT2D eigenvalue weighted by molar-refractivity contribution is 0.282. The Balaban J connectivity index is 2.15. The van der Waals surface area contributed by atoms with Crippen LogP contribution in [0.4, 0.5) is 11.5 Å². The van der Waals surface area contributed by atoms with E-state index in [-0.39, 0.29) is 6.61 Å². The van der Waals surface area contributed by atoms with Gasteiger partial charge in [-0.1, -0.05) is 0 Å². The number of aromatic nitrogens is 1. The van der Waals surface area contributed by atoms with Crippen molar-refractivity contribution < 1.29 is 5.11 Å². The fourth-order valence-electron chi connectivity index (χ4n) is 2.13. The van der Waals surface area contributed by atoms with E-state index in [9.17, 15) is 0 Å². The van der Waals surface area contributed by atoms with Gasteiger partial charge in [-0.15, -0.1) is 0 Å². The SMILES string of the molecule is Cc1cc(N(CCCO)C2CCC2)ncc1N. The highest BCUT2D eigenvalue weighted by atomic mass is 16.3. The number of pyridine rings is 1. The van der Waals surface area contributed by atoms with Gasteiger partial charge in [-0.3, -0.25) is 0 Å². The number of nitrogens with two attached hydrogens (primary N) is 1. The van der Waals surface area contributed by atoms with Crippen LogP contribution in [0.3, 0.4) is 0 Å². The standard InChI is InChI=1S/C13H21N3O/c1-10-8-13(15-9-12(10)14)16(6-3-7-17)11-4-2-5-11/h8-9,11,17H,2-7,14H2,1H3. The van der Waals surface area contributed by atoms with Crippen molar-refractivity contribution in [2.75, 3.05) is 23.8 Å². The Labute approximate surface area is 102 Å². The van der Waals surface area contributed by atoms with Gasteiger partial charge in [0.1, 0.15) is 5.82 Å². The lowest BCUT2D eigenvalue weighted by Crippen LogP contribution is -2.41. The minimum atomic E-state index is 0.233. The second-order valence-electron chi connectivity index (χ2n) is 4.75. The van der Waals surface area contributed by atoms with Gasteiger partial charge >= 0.3 is 0 Å². The molecule has 0 aliphatic heterocycles. The third kappa shape index (κ3) is 2.69. The van der Waals surface area contributed by atoms with Crippen molar-refractivity contribution >= 4 is 11.5 Å². The first-order chi connectivity index (χ1) is 8.22. The molecule has 0 spiro atoms. The highest BCUT2D eigenvalue weighted by Gasteiger charge is 2.25. The van der Waals surface area contributed by atoms with Crippen LogP contribution < -0.4 is 10.6 Å². The average molecular weight is 235 g/mol. The van der Waals surface area contributed by atoms with Gasteiger partial charge in [0.05, 0.1) is 11.9 Å². The second-order valence-corrected chi connectivity index (χ2v) is 4.75. The molecular weight excluding hydrogens is 214 g/mol. The Bertz CT molecular complexity index is 377. The Kier molecular flexibility index (Phi) is 3.84. The van der Waals surface area contributed by atoms with E-state index in [0.717, 1.165) is 30.0 Å². The van der Waals surface area contributed by atoms with Crippen molar-refractivity contribution in [1.82, 2.24) is 4.98 Å². The van der Waals surface area contributed by atoms with Crippen LogP contribution in [-0.4, -0.2) is 29.3 Å². The van der Waals surface area contributed by atoms with Crippen molar-refractivity contribution in [1.29, 1.82) is 0 Å². The summed E-state index contributed by atoms with van der Waals surface area (Å²) < 4.78 is 0. The molecule has 1 aromatic rings. The number of aliphatic hydroxyl groups is 1. The van der Waals surface area contributed by atoms with Crippen LogP contribution in [-0.2, 0) is 0 Å². The number of aryl methyl sites for hydroxylation is 1. The van der Waals surface area contributed by atoms with E-state index >= 15 is 0 Å². The molecule has 94 valence electrons. The molecule has 17 heavy (non-hydrogen) atoms. The third-order valence-electron chi connectivity index (χ3n) is 3.50. The predicted molar refractivity (Wildman–Crippen MR) is 70.1 cm³/mol. The van der Waals surface area contributed by atoms with Gasteiger partial charge in [0.2, 0.25) is 0 Å². The van der Waals surface area contributed by atoms with E-state index in [4.69, 9.17) is 10.8 Å². The van der Waals surface area contributed by atoms with Crippen molar-refractivity contribution in [3.8, 4) is 0 Å². The Hall–Kier alpha value is -1.29. The molecule has 3 N–H and O–H groups in total. The minimum absolute atomic E-state index is 0.233. The Morgan fingerprint density at radius 1 is 1.53 bits per heavy atom. The van der Waals surface area contributed by atoms with Crippen LogP contribution in [0.5, 0.6) is 0 Å². The maximum absolute atomic E-state index is 8.97. The van der Waals surface area contributed by atoms with E-state index in [2.05, 4.69) is 9.88 Å². The molecule has 0 unspecified atom stereocenters. The van der Waals surface area contributed by atoms with Gasteiger partial charge in [0, 0.05) is 19.2 Å². The summed E-state index contributed by atoms with van der Waals surface area (Å²) in [5, 5.41) is 8.97. The molecule has 1 aliphatic carbocycles. The lowest BCUT2D eigenvalue weighted by Gasteiger charge is -2.38. The largest absolute Gasteiger partial charge is 0.397 e. The first kappa shape index (κ1) is 12.2. The first-order valence-electron chi connectivity index (χ1n) is 6.32. The minimum Gasteiger partial charge on any atom is -0.397 e. The maximum atomic E-state index is 8.97. The van der Waals surface area contributed by atoms with Crippen LogP contribution in [0.25, 0.3) is 0 Å². The third-order valence-corrected chi connectivity index (χ3v) is 3.50. The van der Waals surface area contributed by atoms with E-state index in [1.807, 2.05) is 13.0 Å². The van der Waals surface area contributed by atoms with E-state index in [1.165, 1.54) is 19.3 Å². The zero-order chi connectivity index (χ0) is 12.3. The molecule has 4 nitrogen and oxygen atoms in total. The van der Waals surface area contributed by atoms with Crippen LogP contribution in [0, 0.1) is 6.92 Å². The first-order valence-corrected chi connectivity index (χ1v) is 6.32. The summed E-state index contributed by atoms with van der Waals surface area (Å²) in [5.74, 6) is 0.995. The quantitative estimate of drug-likeness (QED) is 0.815. The Morgan fingerprint density at radius 3 is 2.82 bits per heavy atom. The monoisotopic (exact) mass is 235 g/mol. The van der Waals surface area contributed by atoms with Crippen LogP contribution in [0.15, 0.2) is 12.3 Å². The van der Waals surface area contributed by atoms with E-state index in [1.54, 1.807) is 6.20 Å². The summed E-state index contributed by atoms with van der Waals surface area (Å²) in [7, 11) is 0. The number of nitrogens with zero attached hydrogens (tertiary/aromatic N) is 2. The number of hydrogen-bond acceptors (Lipinski definition) is 4. The average Bonchev–Trinajstić information content (AvgIpc) is 2.25. The molecule has 0 aromatic carbocycles. The fraction of sp³-hybridized carbons (Fsp3) is 0.615. The smallest absolute Gasteiger partial charge is 0.129 e. The van der Waals surface area contributed by atoms with E-state index in [0.29, 0.717) is 6.04 Å². The molecule has 0 radical (unpaired) electrons. The van der Waals surface area contributed by atoms with Gasteiger partial charge < -0.3 is 15.7 Å². The lowest BCUT2D eigenvalue weighted by atomic mass is 9.91. The number of rotatable bonds is 5. The molecule has 1 saturated carbocycles. The van der Waals surface area contributed by atoms with Crippen molar-refractivity contribution in [3.05, 3.63) is 17.8 Å². The second kappa shape index (κ2) is 5.36. The molecule has 2 rings (SSSR count). The van der Waals surface area contributed by atoms with Crippen molar-refractivity contribution in [3.63, 3.8) is 0 Å². The van der Waals surface area contributed by atoms with Gasteiger partial charge in [-0.25, -0.2) is 4.98 Å². The molecule has 1 aromatic heterocycles. The molecule has 1 fully saturated rings. The topological polar surface area (TPSA) is 62.4 Å². The van der Waals surface area contributed by atoms with Crippen LogP contribution >= 0.6 is 0 Å². The number of anilines is 2. The predicted octanol–water partition coefficient (Wildman–Crippen LogP) is 1.71. The number of hydrogen-bond donors (Lipinski definition) is 2. The maximum Gasteiger partial charge on any atom is 0.129 e. The molecule has 1 heterocycles. The van der Waals surface area contributed by atoms with Crippen LogP contribution in [0.2, 0.25) is 0 Å². The van der Waals surface area contributed by atoms with Crippen molar-refractivity contribution in [2.45, 2.75) is 38.6 Å². The molecule has 0 saturated heterocycles. The molecule has 0 bridgehead atoms. The molecule has 1 aliphatic rings. The summed E-state index contributed by atoms with van der Waals surface area (Å²) >= 11 is 0. The summed E-state index contributed by atoms with van der Waals surface area (Å²) in [6.07, 6.45) is 6.29. The van der Waals surface area contributed by atoms with Crippen molar-refractivity contribution in [2.24, 2.45) is 0 Å². The summed E-state index contributed by atoms with van der Waals surface area (Å²) in [5.41, 5.74) is 7.60. The molecule has 0 atom stereocenters. The van der Waals surface area contributed by atoms with Gasteiger partial charge in [-0.05, 0) is 44.2 Å². The summed E-state index contributed by atoms with van der Waals surface area (Å²) in [4.78, 5) is 6.73. The van der Waals surface area contributed by atoms with Gasteiger partial charge in [-0.2, -0.15) is 0 Å². The highest BCUT2D eigenvalue weighted by Crippen LogP contribution is 2.29. The molecular formula is C13H21N3O. The number of nitrogen functional groups attached to an aromatic ring is 1. The van der Waals surface area contributed by atoms with E-state index < -0.39 is 0 Å². The van der Waals surface area contributed by atoms with Crippen LogP contribution in [0.1, 0.15) is 31.2 Å². The molecule has 0 amide bonds. The Morgan fingerprint density at radius 2 is 2.29 bits per heavy atom. The summed E-state index contributed by atoms with van der Waals surface area (Å²) in [6, 6.07) is 2.64. The highest BCUT2D eigenvalue weighted by molar-refractivity contribution is 5.52. The zero-order valence-electron chi connectivity index (χ0n) is 10.4. The fourth-order valence-corrected chi connectivity index (χ4v) is 2.13.